The number of fused-ring (bicyclic) bond motifs is 5. The number of benzene rings is 1. The van der Waals surface area contributed by atoms with Gasteiger partial charge in [-0.2, -0.15) is 0 Å². The lowest BCUT2D eigenvalue weighted by atomic mass is 9.55. The monoisotopic (exact) mass is 464 g/mol. The van der Waals surface area contributed by atoms with Crippen molar-refractivity contribution < 1.29 is 44.9 Å². The van der Waals surface area contributed by atoms with E-state index in [9.17, 15) is 35.4 Å². The average Bonchev–Trinajstić information content (AvgIpc) is 3.03. The molecule has 3 aliphatic carbocycles. The van der Waals surface area contributed by atoms with Crippen LogP contribution in [-0.4, -0.2) is 79.5 Å². The summed E-state index contributed by atoms with van der Waals surface area (Å²) >= 11 is 0. The Morgan fingerprint density at radius 2 is 1.88 bits per heavy atom. The van der Waals surface area contributed by atoms with Crippen LogP contribution in [0.15, 0.2) is 18.2 Å². The van der Waals surface area contributed by atoms with Gasteiger partial charge in [-0.15, -0.1) is 0 Å². The molecule has 11 atom stereocenters. The van der Waals surface area contributed by atoms with Crippen molar-refractivity contribution in [2.75, 3.05) is 0 Å². The molecule has 9 nitrogen and oxygen atoms in total. The Kier molecular flexibility index (Phi) is 5.70. The Balaban J connectivity index is 1.36. The van der Waals surface area contributed by atoms with Gasteiger partial charge in [0.2, 0.25) is 0 Å². The fourth-order valence-corrected chi connectivity index (χ4v) is 7.00. The number of phenolic OH excluding ortho intramolecular Hbond substituents is 1. The van der Waals surface area contributed by atoms with E-state index in [1.165, 1.54) is 11.1 Å². The number of aromatic hydroxyl groups is 1. The zero-order valence-corrected chi connectivity index (χ0v) is 18.4. The Morgan fingerprint density at radius 3 is 2.61 bits per heavy atom. The topological polar surface area (TPSA) is 157 Å². The van der Waals surface area contributed by atoms with Gasteiger partial charge < -0.3 is 40.1 Å². The number of phenols is 1. The third kappa shape index (κ3) is 3.57. The molecule has 3 fully saturated rings. The molecule has 182 valence electrons. The molecule has 33 heavy (non-hydrogen) atoms. The van der Waals surface area contributed by atoms with Gasteiger partial charge in [-0.05, 0) is 78.5 Å². The maximum Gasteiger partial charge on any atom is 0.335 e. The highest BCUT2D eigenvalue weighted by molar-refractivity contribution is 5.73. The van der Waals surface area contributed by atoms with Crippen molar-refractivity contribution in [3.05, 3.63) is 29.3 Å². The zero-order chi connectivity index (χ0) is 23.7. The number of carboxylic acids is 1. The van der Waals surface area contributed by atoms with E-state index in [1.54, 1.807) is 6.07 Å². The fraction of sp³-hybridized carbons (Fsp3) is 0.708. The lowest BCUT2D eigenvalue weighted by molar-refractivity contribution is -0.309. The molecule has 1 saturated heterocycles. The van der Waals surface area contributed by atoms with Crippen LogP contribution in [0.25, 0.3) is 0 Å². The molecule has 1 aliphatic heterocycles. The minimum Gasteiger partial charge on any atom is -0.508 e. The molecule has 1 aromatic carbocycles. The second kappa shape index (κ2) is 8.18. The number of ether oxygens (including phenoxy) is 2. The van der Waals surface area contributed by atoms with E-state index in [-0.39, 0.29) is 11.7 Å². The SMILES string of the molecule is C[C@]12CCC3c4ccc(O)cc4CCC3C1C[C@@H](O[C@@H]1O[C@H](C(=O)O)[C@@H](O)[C@H](O)[C@H]1O)[C@@H]2O. The molecule has 4 aliphatic rings. The highest BCUT2D eigenvalue weighted by atomic mass is 16.7. The molecular formula is C24H32O9. The highest BCUT2D eigenvalue weighted by Crippen LogP contribution is 2.61. The molecular weight excluding hydrogens is 432 g/mol. The number of carbonyl (C=O) groups is 1. The van der Waals surface area contributed by atoms with E-state index >= 15 is 0 Å². The minimum atomic E-state index is -1.78. The van der Waals surface area contributed by atoms with E-state index in [4.69, 9.17) is 9.47 Å². The molecule has 2 saturated carbocycles. The third-order valence-electron chi connectivity index (χ3n) is 8.78. The van der Waals surface area contributed by atoms with Crippen LogP contribution in [0.4, 0.5) is 0 Å². The van der Waals surface area contributed by atoms with E-state index in [1.807, 2.05) is 12.1 Å². The van der Waals surface area contributed by atoms with Crippen LogP contribution < -0.4 is 0 Å². The second-order valence-corrected chi connectivity index (χ2v) is 10.4. The predicted octanol–water partition coefficient (Wildman–Crippen LogP) is 0.496. The third-order valence-corrected chi connectivity index (χ3v) is 8.78. The first kappa shape index (κ1) is 23.0. The lowest BCUT2D eigenvalue weighted by Crippen LogP contribution is -2.61. The number of aliphatic hydroxyl groups is 4. The molecule has 1 heterocycles. The molecule has 0 amide bonds. The van der Waals surface area contributed by atoms with Crippen molar-refractivity contribution >= 4 is 5.97 Å². The van der Waals surface area contributed by atoms with Crippen molar-refractivity contribution in [3.8, 4) is 5.75 Å². The van der Waals surface area contributed by atoms with Crippen LogP contribution in [-0.2, 0) is 20.7 Å². The van der Waals surface area contributed by atoms with Gasteiger partial charge in [-0.3, -0.25) is 0 Å². The van der Waals surface area contributed by atoms with Crippen LogP contribution in [0, 0.1) is 17.3 Å². The van der Waals surface area contributed by atoms with Crippen molar-refractivity contribution in [3.63, 3.8) is 0 Å². The van der Waals surface area contributed by atoms with E-state index in [0.29, 0.717) is 18.3 Å². The summed E-state index contributed by atoms with van der Waals surface area (Å²) in [4.78, 5) is 11.4. The summed E-state index contributed by atoms with van der Waals surface area (Å²) in [5.41, 5.74) is 2.04. The Labute approximate surface area is 191 Å². The molecule has 5 rings (SSSR count). The summed E-state index contributed by atoms with van der Waals surface area (Å²) in [6.45, 7) is 2.06. The summed E-state index contributed by atoms with van der Waals surface area (Å²) in [5, 5.41) is 60.7. The number of carboxylic acid groups (broad SMARTS) is 1. The predicted molar refractivity (Wildman–Crippen MR) is 113 cm³/mol. The van der Waals surface area contributed by atoms with Gasteiger partial charge in [-0.1, -0.05) is 13.0 Å². The van der Waals surface area contributed by atoms with Crippen LogP contribution in [0.5, 0.6) is 5.75 Å². The lowest BCUT2D eigenvalue weighted by Gasteiger charge is -2.49. The highest BCUT2D eigenvalue weighted by Gasteiger charge is 2.59. The quantitative estimate of drug-likeness (QED) is 0.375. The van der Waals surface area contributed by atoms with E-state index in [2.05, 4.69) is 6.92 Å². The number of hydrogen-bond donors (Lipinski definition) is 6. The molecule has 0 bridgehead atoms. The van der Waals surface area contributed by atoms with E-state index in [0.717, 1.165) is 25.7 Å². The summed E-state index contributed by atoms with van der Waals surface area (Å²) in [7, 11) is 0. The number of aliphatic hydroxyl groups excluding tert-OH is 4. The zero-order valence-electron chi connectivity index (χ0n) is 18.4. The normalized spacial score (nSPS) is 46.8. The van der Waals surface area contributed by atoms with Crippen molar-refractivity contribution in [1.82, 2.24) is 0 Å². The smallest absolute Gasteiger partial charge is 0.335 e. The molecule has 0 aromatic heterocycles. The van der Waals surface area contributed by atoms with Crippen molar-refractivity contribution in [2.45, 2.75) is 87.9 Å². The van der Waals surface area contributed by atoms with Gasteiger partial charge in [-0.25, -0.2) is 4.79 Å². The van der Waals surface area contributed by atoms with E-state index < -0.39 is 54.3 Å². The van der Waals surface area contributed by atoms with Gasteiger partial charge >= 0.3 is 5.97 Å². The second-order valence-electron chi connectivity index (χ2n) is 10.4. The molecule has 6 N–H and O–H groups in total. The largest absolute Gasteiger partial charge is 0.508 e. The van der Waals surface area contributed by atoms with Gasteiger partial charge in [0.1, 0.15) is 24.1 Å². The van der Waals surface area contributed by atoms with Crippen LogP contribution in [0.3, 0.4) is 0 Å². The summed E-state index contributed by atoms with van der Waals surface area (Å²) in [6, 6.07) is 5.58. The van der Waals surface area contributed by atoms with Gasteiger partial charge in [0.25, 0.3) is 0 Å². The van der Waals surface area contributed by atoms with Crippen LogP contribution >= 0.6 is 0 Å². The Hall–Kier alpha value is -1.75. The number of hydrogen-bond acceptors (Lipinski definition) is 8. The first-order valence-electron chi connectivity index (χ1n) is 11.7. The maximum absolute atomic E-state index is 11.4. The summed E-state index contributed by atoms with van der Waals surface area (Å²) in [6.07, 6.45) is -5.89. The molecule has 0 radical (unpaired) electrons. The molecule has 9 heteroatoms. The Bertz CT molecular complexity index is 921. The maximum atomic E-state index is 11.4. The van der Waals surface area contributed by atoms with Crippen LogP contribution in [0.2, 0.25) is 0 Å². The Morgan fingerprint density at radius 1 is 1.12 bits per heavy atom. The number of rotatable bonds is 3. The minimum absolute atomic E-state index is 0.157. The molecule has 3 unspecified atom stereocenters. The molecule has 1 aromatic rings. The standard InChI is InChI=1S/C24H32O9/c1-24-7-6-13-12-5-3-11(25)8-10(12)2-4-14(13)15(24)9-16(21(24)29)32-23-19(28)17(26)18(27)20(33-23)22(30)31/h3,5,8,13-21,23,25-29H,2,4,6-7,9H2,1H3,(H,30,31)/t13?,14?,15?,16-,17+,18+,19-,20+,21+,23-,24+/m1/s1. The molecule has 0 spiro atoms. The fourth-order valence-electron chi connectivity index (χ4n) is 7.00. The summed E-state index contributed by atoms with van der Waals surface area (Å²) < 4.78 is 11.2. The van der Waals surface area contributed by atoms with Crippen molar-refractivity contribution in [2.24, 2.45) is 17.3 Å². The summed E-state index contributed by atoms with van der Waals surface area (Å²) in [5.74, 6) is -0.367. The van der Waals surface area contributed by atoms with Crippen molar-refractivity contribution in [1.29, 1.82) is 0 Å². The first-order valence-corrected chi connectivity index (χ1v) is 11.7. The average molecular weight is 465 g/mol. The van der Waals surface area contributed by atoms with Gasteiger partial charge in [0.05, 0.1) is 12.2 Å². The van der Waals surface area contributed by atoms with Crippen LogP contribution in [0.1, 0.15) is 49.7 Å². The number of aryl methyl sites for hydroxylation is 1. The van der Waals surface area contributed by atoms with Gasteiger partial charge in [0.15, 0.2) is 12.4 Å². The number of aliphatic carboxylic acids is 1. The first-order chi connectivity index (χ1) is 15.6. The van der Waals surface area contributed by atoms with Gasteiger partial charge in [0, 0.05) is 0 Å².